The molecule has 3 rings (SSSR count). The van der Waals surface area contributed by atoms with Crippen LogP contribution in [0.1, 0.15) is 12.0 Å². The second-order valence-electron chi connectivity index (χ2n) is 8.22. The van der Waals surface area contributed by atoms with E-state index in [0.29, 0.717) is 0 Å². The van der Waals surface area contributed by atoms with Crippen LogP contribution < -0.4 is 16.8 Å². The first kappa shape index (κ1) is 23.8. The third-order valence-electron chi connectivity index (χ3n) is 6.04. The molecule has 0 unspecified atom stereocenters. The Labute approximate surface area is 183 Å². The van der Waals surface area contributed by atoms with Gasteiger partial charge in [0.1, 0.15) is 0 Å². The largest absolute Gasteiger partial charge is 0.399 e. The van der Waals surface area contributed by atoms with Crippen LogP contribution in [0.5, 0.6) is 0 Å². The Morgan fingerprint density at radius 3 is 2.17 bits per heavy atom. The van der Waals surface area contributed by atoms with Gasteiger partial charge in [-0.2, -0.15) is 0 Å². The van der Waals surface area contributed by atoms with E-state index in [9.17, 15) is 0 Å². The zero-order valence-corrected chi connectivity index (χ0v) is 18.5. The van der Waals surface area contributed by atoms with E-state index in [1.165, 1.54) is 36.1 Å². The van der Waals surface area contributed by atoms with Crippen molar-refractivity contribution < 1.29 is 4.48 Å². The number of rotatable bonds is 10. The standard InChI is InChI=1S/C24H36N5.CH3/c1-2-17-29(18-3-4-21-5-7-22(25)8-6-21)19-15-28(16-20-29)14-13-27-24-11-9-23(26)10-12-24;/h2,5-12,27H,1,3-4,13-20,25-26H2;1H3/q+1;-1. The van der Waals surface area contributed by atoms with Crippen LogP contribution in [0.25, 0.3) is 0 Å². The van der Waals surface area contributed by atoms with E-state index in [0.717, 1.165) is 56.2 Å². The highest BCUT2D eigenvalue weighted by atomic mass is 15.4. The van der Waals surface area contributed by atoms with Gasteiger partial charge in [-0.25, -0.2) is 0 Å². The number of nitrogens with two attached hydrogens (primary N) is 2. The molecule has 1 aliphatic rings. The lowest BCUT2D eigenvalue weighted by molar-refractivity contribution is -0.927. The lowest BCUT2D eigenvalue weighted by Gasteiger charge is -2.44. The number of piperazine rings is 1. The number of anilines is 3. The van der Waals surface area contributed by atoms with Gasteiger partial charge in [-0.05, 0) is 54.5 Å². The second kappa shape index (κ2) is 11.6. The summed E-state index contributed by atoms with van der Waals surface area (Å²) in [6.07, 6.45) is 4.42. The van der Waals surface area contributed by atoms with Gasteiger partial charge in [0.2, 0.25) is 0 Å². The van der Waals surface area contributed by atoms with E-state index in [1.54, 1.807) is 0 Å². The molecule has 0 aromatic heterocycles. The van der Waals surface area contributed by atoms with Crippen LogP contribution in [0.15, 0.2) is 61.2 Å². The fraction of sp³-hybridized carbons (Fsp3) is 0.400. The molecule has 1 fully saturated rings. The third-order valence-corrected chi connectivity index (χ3v) is 6.04. The molecule has 1 aliphatic heterocycles. The highest BCUT2D eigenvalue weighted by molar-refractivity contribution is 5.51. The average Bonchev–Trinajstić information content (AvgIpc) is 2.73. The van der Waals surface area contributed by atoms with Crippen molar-refractivity contribution in [3.05, 3.63) is 74.2 Å². The predicted molar refractivity (Wildman–Crippen MR) is 131 cm³/mol. The number of nitrogen functional groups attached to an aromatic ring is 2. The molecule has 2 aromatic rings. The van der Waals surface area contributed by atoms with Gasteiger partial charge in [0.15, 0.2) is 0 Å². The van der Waals surface area contributed by atoms with Gasteiger partial charge in [-0.15, -0.1) is 0 Å². The van der Waals surface area contributed by atoms with Crippen molar-refractivity contribution in [3.8, 4) is 0 Å². The maximum absolute atomic E-state index is 5.79. The lowest BCUT2D eigenvalue weighted by atomic mass is 10.1. The third kappa shape index (κ3) is 7.08. The van der Waals surface area contributed by atoms with Crippen LogP contribution >= 0.6 is 0 Å². The summed E-state index contributed by atoms with van der Waals surface area (Å²) in [6.45, 7) is 13.1. The Morgan fingerprint density at radius 2 is 1.57 bits per heavy atom. The van der Waals surface area contributed by atoms with Gasteiger partial charge in [-0.3, -0.25) is 4.90 Å². The van der Waals surface area contributed by atoms with Crippen LogP contribution in [0.3, 0.4) is 0 Å². The van der Waals surface area contributed by atoms with Crippen LogP contribution in [0.4, 0.5) is 17.1 Å². The smallest absolute Gasteiger partial charge is 0.0971 e. The van der Waals surface area contributed by atoms with E-state index < -0.39 is 0 Å². The fourth-order valence-corrected chi connectivity index (χ4v) is 4.19. The summed E-state index contributed by atoms with van der Waals surface area (Å²) in [4.78, 5) is 2.57. The zero-order valence-electron chi connectivity index (χ0n) is 18.5. The molecule has 1 heterocycles. The Bertz CT molecular complexity index is 746. The van der Waals surface area contributed by atoms with E-state index in [2.05, 4.69) is 35.0 Å². The molecule has 0 radical (unpaired) electrons. The molecule has 5 N–H and O–H groups in total. The molecule has 0 spiro atoms. The molecule has 0 aliphatic carbocycles. The van der Waals surface area contributed by atoms with Crippen LogP contribution in [-0.4, -0.2) is 61.7 Å². The minimum absolute atomic E-state index is 0. The van der Waals surface area contributed by atoms with Gasteiger partial charge in [-0.1, -0.05) is 18.7 Å². The summed E-state index contributed by atoms with van der Waals surface area (Å²) in [5.41, 5.74) is 15.7. The first-order valence-electron chi connectivity index (χ1n) is 10.7. The number of benzene rings is 2. The van der Waals surface area contributed by atoms with E-state index in [4.69, 9.17) is 11.5 Å². The first-order valence-corrected chi connectivity index (χ1v) is 10.7. The number of hydrogen-bond donors (Lipinski definition) is 3. The molecule has 5 heteroatoms. The summed E-state index contributed by atoms with van der Waals surface area (Å²) in [7, 11) is 0. The minimum atomic E-state index is 0. The minimum Gasteiger partial charge on any atom is -0.399 e. The zero-order chi connectivity index (χ0) is 20.5. The summed E-state index contributed by atoms with van der Waals surface area (Å²) in [6, 6.07) is 16.3. The molecule has 30 heavy (non-hydrogen) atoms. The highest BCUT2D eigenvalue weighted by Gasteiger charge is 2.31. The number of quaternary nitrogens is 1. The van der Waals surface area contributed by atoms with E-state index >= 15 is 0 Å². The topological polar surface area (TPSA) is 67.3 Å². The van der Waals surface area contributed by atoms with Crippen LogP contribution in [0, 0.1) is 7.43 Å². The monoisotopic (exact) mass is 409 g/mol. The lowest BCUT2D eigenvalue weighted by Crippen LogP contribution is -2.60. The number of hydrogen-bond acceptors (Lipinski definition) is 4. The molecular formula is C25H39N5. The fourth-order valence-electron chi connectivity index (χ4n) is 4.19. The summed E-state index contributed by atoms with van der Waals surface area (Å²) >= 11 is 0. The highest BCUT2D eigenvalue weighted by Crippen LogP contribution is 2.17. The van der Waals surface area contributed by atoms with Crippen molar-refractivity contribution in [2.75, 3.05) is 69.1 Å². The Balaban J connectivity index is 0.00000320. The molecule has 2 aromatic carbocycles. The van der Waals surface area contributed by atoms with Gasteiger partial charge in [0.25, 0.3) is 0 Å². The molecule has 0 amide bonds. The van der Waals surface area contributed by atoms with Crippen molar-refractivity contribution in [2.24, 2.45) is 0 Å². The molecule has 0 bridgehead atoms. The maximum Gasteiger partial charge on any atom is 0.0971 e. The van der Waals surface area contributed by atoms with Crippen molar-refractivity contribution in [1.82, 2.24) is 4.90 Å². The van der Waals surface area contributed by atoms with Gasteiger partial charge >= 0.3 is 0 Å². The van der Waals surface area contributed by atoms with Crippen molar-refractivity contribution in [1.29, 1.82) is 0 Å². The number of nitrogens with zero attached hydrogens (tertiary/aromatic N) is 2. The van der Waals surface area contributed by atoms with Gasteiger partial charge in [0, 0.05) is 49.7 Å². The average molecular weight is 410 g/mol. The quantitative estimate of drug-likeness (QED) is 0.242. The summed E-state index contributed by atoms with van der Waals surface area (Å²) < 4.78 is 1.17. The van der Waals surface area contributed by atoms with E-state index in [-0.39, 0.29) is 7.43 Å². The van der Waals surface area contributed by atoms with Crippen molar-refractivity contribution in [2.45, 2.75) is 12.8 Å². The molecule has 0 atom stereocenters. The first-order chi connectivity index (χ1) is 14.1. The number of aryl methyl sites for hydroxylation is 1. The second-order valence-corrected chi connectivity index (χ2v) is 8.22. The maximum atomic E-state index is 5.79. The Morgan fingerprint density at radius 1 is 0.967 bits per heavy atom. The predicted octanol–water partition coefficient (Wildman–Crippen LogP) is 3.66. The van der Waals surface area contributed by atoms with E-state index in [1.807, 2.05) is 36.4 Å². The van der Waals surface area contributed by atoms with Crippen molar-refractivity contribution in [3.63, 3.8) is 0 Å². The summed E-state index contributed by atoms with van der Waals surface area (Å²) in [5.74, 6) is 0. The normalized spacial score (nSPS) is 15.9. The SMILES string of the molecule is C=CC[N+]1(CCCc2ccc(N)cc2)CCN(CCNc2ccc(N)cc2)CC1.[CH3-]. The molecule has 164 valence electrons. The Hall–Kier alpha value is -2.50. The molecule has 5 nitrogen and oxygen atoms in total. The molecular weight excluding hydrogens is 370 g/mol. The van der Waals surface area contributed by atoms with Gasteiger partial charge < -0.3 is 28.7 Å². The molecule has 1 saturated heterocycles. The van der Waals surface area contributed by atoms with Gasteiger partial charge in [0.05, 0.1) is 26.2 Å². The van der Waals surface area contributed by atoms with Crippen LogP contribution in [0.2, 0.25) is 0 Å². The molecule has 0 saturated carbocycles. The summed E-state index contributed by atoms with van der Waals surface area (Å²) in [5, 5.41) is 3.49. The van der Waals surface area contributed by atoms with Crippen molar-refractivity contribution >= 4 is 17.1 Å². The number of nitrogens with one attached hydrogen (secondary N) is 1. The van der Waals surface area contributed by atoms with Crippen LogP contribution in [-0.2, 0) is 6.42 Å². The Kier molecular flexibility index (Phi) is 9.21.